The number of hydrogen-bond acceptors (Lipinski definition) is 8. The van der Waals surface area contributed by atoms with Crippen LogP contribution < -0.4 is 5.32 Å². The number of thiazole rings is 1. The first-order valence-corrected chi connectivity index (χ1v) is 12.4. The van der Waals surface area contributed by atoms with Crippen molar-refractivity contribution in [1.82, 2.24) is 9.29 Å². The van der Waals surface area contributed by atoms with E-state index in [9.17, 15) is 18.0 Å². The molecule has 0 aliphatic carbocycles. The summed E-state index contributed by atoms with van der Waals surface area (Å²) in [6, 6.07) is 13.7. The number of ether oxygens (including phenoxy) is 2. The molecule has 0 bridgehead atoms. The van der Waals surface area contributed by atoms with Crippen molar-refractivity contribution in [3.63, 3.8) is 0 Å². The molecule has 1 aliphatic heterocycles. The average Bonchev–Trinajstić information content (AvgIpc) is 3.24. The molecule has 1 saturated heterocycles. The number of hydrogen-bond donors (Lipinski definition) is 1. The third-order valence-electron chi connectivity index (χ3n) is 4.79. The first kappa shape index (κ1) is 23.1. The number of morpholine rings is 1. The van der Waals surface area contributed by atoms with Crippen molar-refractivity contribution in [1.29, 1.82) is 0 Å². The predicted molar refractivity (Wildman–Crippen MR) is 124 cm³/mol. The number of carbonyl (C=O) groups excluding carboxylic acids is 2. The van der Waals surface area contributed by atoms with Gasteiger partial charge in [0.15, 0.2) is 11.7 Å². The van der Waals surface area contributed by atoms with Crippen LogP contribution in [-0.4, -0.2) is 62.5 Å². The van der Waals surface area contributed by atoms with E-state index in [4.69, 9.17) is 9.47 Å². The Morgan fingerprint density at radius 2 is 1.85 bits per heavy atom. The summed E-state index contributed by atoms with van der Waals surface area (Å²) in [5, 5.41) is 3.04. The fourth-order valence-electron chi connectivity index (χ4n) is 3.12. The molecule has 172 valence electrons. The van der Waals surface area contributed by atoms with Crippen molar-refractivity contribution >= 4 is 54.7 Å². The monoisotopic (exact) mass is 487 g/mol. The third kappa shape index (κ3) is 5.82. The lowest BCUT2D eigenvalue weighted by atomic mass is 10.2. The van der Waals surface area contributed by atoms with Gasteiger partial charge < -0.3 is 9.47 Å². The summed E-state index contributed by atoms with van der Waals surface area (Å²) in [5.41, 5.74) is 1.40. The van der Waals surface area contributed by atoms with Crippen LogP contribution in [0.25, 0.3) is 16.3 Å². The maximum absolute atomic E-state index is 12.6. The molecule has 2 heterocycles. The zero-order chi connectivity index (χ0) is 23.3. The number of amides is 1. The van der Waals surface area contributed by atoms with Crippen LogP contribution in [0.2, 0.25) is 0 Å². The Kier molecular flexibility index (Phi) is 7.14. The second-order valence-corrected chi connectivity index (χ2v) is 10.0. The number of benzene rings is 2. The number of sulfonamides is 1. The first-order valence-electron chi connectivity index (χ1n) is 10.1. The Balaban J connectivity index is 1.27. The standard InChI is InChI=1S/C22H21N3O6S2/c26-20(24-22-23-18-3-1-2-4-19(18)32-22)15-31-21(27)10-7-16-5-8-17(9-6-16)33(28,29)25-11-13-30-14-12-25/h1-10H,11-15H2,(H,23,24,26)/b10-7+. The minimum absolute atomic E-state index is 0.177. The van der Waals surface area contributed by atoms with Gasteiger partial charge in [-0.15, -0.1) is 0 Å². The van der Waals surface area contributed by atoms with Crippen LogP contribution in [-0.2, 0) is 29.1 Å². The number of nitrogens with one attached hydrogen (secondary N) is 1. The summed E-state index contributed by atoms with van der Waals surface area (Å²) in [5.74, 6) is -1.19. The maximum Gasteiger partial charge on any atom is 0.331 e. The molecule has 0 atom stereocenters. The SMILES string of the molecule is O=C(COC(=O)/C=C/c1ccc(S(=O)(=O)N2CCOCC2)cc1)Nc1nc2ccccc2s1. The summed E-state index contributed by atoms with van der Waals surface area (Å²) < 4.78 is 37.7. The summed E-state index contributed by atoms with van der Waals surface area (Å²) in [6.45, 7) is 0.947. The second-order valence-electron chi connectivity index (χ2n) is 7.06. The van der Waals surface area contributed by atoms with E-state index in [1.54, 1.807) is 12.1 Å². The van der Waals surface area contributed by atoms with Gasteiger partial charge in [-0.3, -0.25) is 10.1 Å². The van der Waals surface area contributed by atoms with Crippen LogP contribution in [0, 0.1) is 0 Å². The van der Waals surface area contributed by atoms with E-state index in [-0.39, 0.29) is 4.90 Å². The molecule has 1 N–H and O–H groups in total. The normalized spacial score (nSPS) is 15.0. The molecule has 0 spiro atoms. The highest BCUT2D eigenvalue weighted by atomic mass is 32.2. The van der Waals surface area contributed by atoms with E-state index in [1.165, 1.54) is 39.9 Å². The number of anilines is 1. The minimum Gasteiger partial charge on any atom is -0.452 e. The van der Waals surface area contributed by atoms with Crippen LogP contribution in [0.1, 0.15) is 5.56 Å². The predicted octanol–water partition coefficient (Wildman–Crippen LogP) is 2.51. The topological polar surface area (TPSA) is 115 Å². The second kappa shape index (κ2) is 10.2. The van der Waals surface area contributed by atoms with Crippen LogP contribution in [0.4, 0.5) is 5.13 Å². The Morgan fingerprint density at radius 1 is 1.12 bits per heavy atom. The third-order valence-corrected chi connectivity index (χ3v) is 7.65. The number of nitrogens with zero attached hydrogens (tertiary/aromatic N) is 2. The van der Waals surface area contributed by atoms with Gasteiger partial charge >= 0.3 is 5.97 Å². The number of esters is 1. The molecule has 4 rings (SSSR count). The van der Waals surface area contributed by atoms with Gasteiger partial charge in [0.1, 0.15) is 0 Å². The number of rotatable bonds is 7. The lowest BCUT2D eigenvalue weighted by molar-refractivity contribution is -0.142. The van der Waals surface area contributed by atoms with Crippen LogP contribution in [0.3, 0.4) is 0 Å². The van der Waals surface area contributed by atoms with Gasteiger partial charge in [-0.2, -0.15) is 4.31 Å². The van der Waals surface area contributed by atoms with Gasteiger partial charge in [0, 0.05) is 19.2 Å². The Hall–Kier alpha value is -3.12. The summed E-state index contributed by atoms with van der Waals surface area (Å²) in [6.07, 6.45) is 2.66. The van der Waals surface area contributed by atoms with Gasteiger partial charge in [-0.05, 0) is 35.9 Å². The molecule has 1 aliphatic rings. The maximum atomic E-state index is 12.6. The lowest BCUT2D eigenvalue weighted by Crippen LogP contribution is -2.40. The minimum atomic E-state index is -3.57. The molecule has 3 aromatic rings. The quantitative estimate of drug-likeness (QED) is 0.402. The van der Waals surface area contributed by atoms with Crippen LogP contribution in [0.15, 0.2) is 59.5 Å². The van der Waals surface area contributed by atoms with E-state index in [2.05, 4.69) is 10.3 Å². The van der Waals surface area contributed by atoms with Crippen molar-refractivity contribution in [2.75, 3.05) is 38.2 Å². The molecule has 0 radical (unpaired) electrons. The van der Waals surface area contributed by atoms with E-state index in [0.29, 0.717) is 37.0 Å². The molecular formula is C22H21N3O6S2. The summed E-state index contributed by atoms with van der Waals surface area (Å²) in [4.78, 5) is 28.4. The molecule has 9 nitrogen and oxygen atoms in total. The highest BCUT2D eigenvalue weighted by Crippen LogP contribution is 2.25. The fraction of sp³-hybridized carbons (Fsp3) is 0.227. The molecule has 0 saturated carbocycles. The molecule has 11 heteroatoms. The molecular weight excluding hydrogens is 466 g/mol. The van der Waals surface area contributed by atoms with Gasteiger partial charge in [-0.25, -0.2) is 18.2 Å². The Labute approximate surface area is 194 Å². The smallest absolute Gasteiger partial charge is 0.331 e. The zero-order valence-electron chi connectivity index (χ0n) is 17.5. The molecule has 1 amide bonds. The number of para-hydroxylation sites is 1. The molecule has 33 heavy (non-hydrogen) atoms. The average molecular weight is 488 g/mol. The van der Waals surface area contributed by atoms with Gasteiger partial charge in [0.2, 0.25) is 10.0 Å². The number of fused-ring (bicyclic) bond motifs is 1. The summed E-state index contributed by atoms with van der Waals surface area (Å²) in [7, 11) is -3.57. The molecule has 1 fully saturated rings. The van der Waals surface area contributed by atoms with Gasteiger partial charge in [-0.1, -0.05) is 35.6 Å². The van der Waals surface area contributed by atoms with Crippen molar-refractivity contribution < 1.29 is 27.5 Å². The van der Waals surface area contributed by atoms with Crippen molar-refractivity contribution in [3.8, 4) is 0 Å². The molecule has 0 unspecified atom stereocenters. The highest BCUT2D eigenvalue weighted by molar-refractivity contribution is 7.89. The van der Waals surface area contributed by atoms with E-state index in [0.717, 1.165) is 10.2 Å². The van der Waals surface area contributed by atoms with E-state index >= 15 is 0 Å². The number of aromatic nitrogens is 1. The van der Waals surface area contributed by atoms with E-state index in [1.807, 2.05) is 24.3 Å². The van der Waals surface area contributed by atoms with Crippen molar-refractivity contribution in [3.05, 3.63) is 60.2 Å². The largest absolute Gasteiger partial charge is 0.452 e. The molecule has 1 aromatic heterocycles. The van der Waals surface area contributed by atoms with Gasteiger partial charge in [0.25, 0.3) is 5.91 Å². The van der Waals surface area contributed by atoms with Crippen molar-refractivity contribution in [2.24, 2.45) is 0 Å². The fourth-order valence-corrected chi connectivity index (χ4v) is 5.41. The van der Waals surface area contributed by atoms with Crippen LogP contribution in [0.5, 0.6) is 0 Å². The van der Waals surface area contributed by atoms with E-state index < -0.39 is 28.5 Å². The first-order chi connectivity index (χ1) is 15.9. The van der Waals surface area contributed by atoms with Crippen molar-refractivity contribution in [2.45, 2.75) is 4.90 Å². The zero-order valence-corrected chi connectivity index (χ0v) is 19.1. The Bertz CT molecular complexity index is 1250. The highest BCUT2D eigenvalue weighted by Gasteiger charge is 2.25. The van der Waals surface area contributed by atoms with Crippen LogP contribution >= 0.6 is 11.3 Å². The summed E-state index contributed by atoms with van der Waals surface area (Å²) >= 11 is 1.33. The molecule has 2 aromatic carbocycles. The number of carbonyl (C=O) groups is 2. The Morgan fingerprint density at radius 3 is 2.58 bits per heavy atom. The lowest BCUT2D eigenvalue weighted by Gasteiger charge is -2.26. The van der Waals surface area contributed by atoms with Gasteiger partial charge in [0.05, 0.1) is 28.3 Å².